The van der Waals surface area contributed by atoms with Crippen LogP contribution in [0, 0.1) is 0 Å². The molecule has 10 heteroatoms. The van der Waals surface area contributed by atoms with E-state index in [4.69, 9.17) is 0 Å². The van der Waals surface area contributed by atoms with Crippen LogP contribution in [0.5, 0.6) is 0 Å². The van der Waals surface area contributed by atoms with Crippen LogP contribution in [0.2, 0.25) is 0 Å². The lowest BCUT2D eigenvalue weighted by atomic mass is 10.3. The molecule has 0 fully saturated rings. The van der Waals surface area contributed by atoms with Gasteiger partial charge in [0.05, 0.1) is 12.7 Å². The molecule has 0 N–H and O–H groups in total. The average molecular weight is 380 g/mol. The van der Waals surface area contributed by atoms with Gasteiger partial charge in [-0.15, -0.1) is 0 Å². The minimum atomic E-state index is 0.834. The molecule has 0 radical (unpaired) electrons. The van der Waals surface area contributed by atoms with E-state index in [2.05, 4.69) is 39.0 Å². The van der Waals surface area contributed by atoms with Gasteiger partial charge in [-0.2, -0.15) is 0 Å². The van der Waals surface area contributed by atoms with Crippen LogP contribution in [0.25, 0.3) is 22.3 Å². The molecule has 4 rings (SSSR count). The van der Waals surface area contributed by atoms with Crippen LogP contribution in [-0.2, 0) is 13.1 Å². The van der Waals surface area contributed by atoms with Crippen molar-refractivity contribution in [1.29, 1.82) is 0 Å². The molecule has 146 valence electrons. The van der Waals surface area contributed by atoms with Crippen LogP contribution >= 0.6 is 0 Å². The molecule has 0 aliphatic rings. The van der Waals surface area contributed by atoms with Gasteiger partial charge in [0.15, 0.2) is 34.0 Å². The summed E-state index contributed by atoms with van der Waals surface area (Å²) in [7, 11) is 7.84. The Bertz CT molecular complexity index is 1010. The van der Waals surface area contributed by atoms with Crippen molar-refractivity contribution in [3.05, 3.63) is 25.3 Å². The summed E-state index contributed by atoms with van der Waals surface area (Å²) in [6.07, 6.45) is 8.87. The van der Waals surface area contributed by atoms with E-state index in [-0.39, 0.29) is 0 Å². The Morgan fingerprint density at radius 1 is 0.643 bits per heavy atom. The maximum absolute atomic E-state index is 4.50. The van der Waals surface area contributed by atoms with Crippen molar-refractivity contribution < 1.29 is 0 Å². The van der Waals surface area contributed by atoms with Gasteiger partial charge in [0.25, 0.3) is 0 Å². The van der Waals surface area contributed by atoms with Crippen LogP contribution in [0.15, 0.2) is 25.3 Å². The fraction of sp³-hybridized carbons (Fsp3) is 0.444. The van der Waals surface area contributed by atoms with Gasteiger partial charge >= 0.3 is 0 Å². The average Bonchev–Trinajstić information content (AvgIpc) is 3.28. The first-order chi connectivity index (χ1) is 13.6. The lowest BCUT2D eigenvalue weighted by Crippen LogP contribution is -2.12. The van der Waals surface area contributed by atoms with Gasteiger partial charge < -0.3 is 18.9 Å². The maximum atomic E-state index is 4.50. The Morgan fingerprint density at radius 3 is 1.46 bits per heavy atom. The zero-order valence-electron chi connectivity index (χ0n) is 16.6. The zero-order chi connectivity index (χ0) is 19.7. The Balaban J connectivity index is 1.43. The first-order valence-corrected chi connectivity index (χ1v) is 9.22. The number of hydrogen-bond acceptors (Lipinski definition) is 8. The van der Waals surface area contributed by atoms with E-state index in [9.17, 15) is 0 Å². The summed E-state index contributed by atoms with van der Waals surface area (Å²) in [5.74, 6) is 1.68. The molecule has 0 aliphatic heterocycles. The number of rotatable bonds is 7. The third-order valence-electron chi connectivity index (χ3n) is 4.66. The van der Waals surface area contributed by atoms with Crippen LogP contribution in [-0.4, -0.2) is 67.2 Å². The molecule has 0 spiro atoms. The molecule has 0 unspecified atom stereocenters. The van der Waals surface area contributed by atoms with Crippen molar-refractivity contribution in [3.8, 4) is 0 Å². The summed E-state index contributed by atoms with van der Waals surface area (Å²) in [4.78, 5) is 30.3. The minimum absolute atomic E-state index is 0.834. The topological polar surface area (TPSA) is 93.7 Å². The number of unbranched alkanes of at least 4 members (excludes halogenated alkanes) is 1. The Hall–Kier alpha value is -3.30. The molecular weight excluding hydrogens is 356 g/mol. The first-order valence-electron chi connectivity index (χ1n) is 9.22. The molecule has 0 saturated carbocycles. The van der Waals surface area contributed by atoms with Crippen LogP contribution < -0.4 is 9.80 Å². The minimum Gasteiger partial charge on any atom is -0.361 e. The summed E-state index contributed by atoms with van der Waals surface area (Å²) < 4.78 is 4.17. The van der Waals surface area contributed by atoms with Crippen molar-refractivity contribution in [2.75, 3.05) is 38.0 Å². The number of fused-ring (bicyclic) bond motifs is 2. The summed E-state index contributed by atoms with van der Waals surface area (Å²) >= 11 is 0. The number of nitrogens with zero attached hydrogens (tertiary/aromatic N) is 10. The Morgan fingerprint density at radius 2 is 1.07 bits per heavy atom. The molecule has 4 aromatic heterocycles. The smallest absolute Gasteiger partial charge is 0.165 e. The SMILES string of the molecule is CN(C)c1ncnc2c1ncn2CCCCn1cnc2c(N(C)C)ncnc21. The zero-order valence-corrected chi connectivity index (χ0v) is 16.6. The molecule has 0 aliphatic carbocycles. The number of aryl methyl sites for hydroxylation is 2. The lowest BCUT2D eigenvalue weighted by molar-refractivity contribution is 0.562. The molecule has 0 bridgehead atoms. The first kappa shape index (κ1) is 18.1. The third-order valence-corrected chi connectivity index (χ3v) is 4.66. The lowest BCUT2D eigenvalue weighted by Gasteiger charge is -2.11. The van der Waals surface area contributed by atoms with Gasteiger partial charge in [0.2, 0.25) is 0 Å². The van der Waals surface area contributed by atoms with Gasteiger partial charge in [0.1, 0.15) is 12.7 Å². The number of hydrogen-bond donors (Lipinski definition) is 0. The monoisotopic (exact) mass is 380 g/mol. The van der Waals surface area contributed by atoms with Gasteiger partial charge in [-0.3, -0.25) is 0 Å². The highest BCUT2D eigenvalue weighted by molar-refractivity contribution is 5.83. The molecular formula is C18H24N10. The molecule has 0 saturated heterocycles. The van der Waals surface area contributed by atoms with Crippen molar-refractivity contribution in [2.45, 2.75) is 25.9 Å². The highest BCUT2D eigenvalue weighted by Crippen LogP contribution is 2.21. The van der Waals surface area contributed by atoms with E-state index >= 15 is 0 Å². The van der Waals surface area contributed by atoms with E-state index in [0.29, 0.717) is 0 Å². The van der Waals surface area contributed by atoms with Gasteiger partial charge in [-0.1, -0.05) is 0 Å². The van der Waals surface area contributed by atoms with Crippen molar-refractivity contribution in [3.63, 3.8) is 0 Å². The summed E-state index contributed by atoms with van der Waals surface area (Å²) in [5, 5.41) is 0. The molecule has 28 heavy (non-hydrogen) atoms. The number of imidazole rings is 2. The quantitative estimate of drug-likeness (QED) is 0.446. The van der Waals surface area contributed by atoms with Gasteiger partial charge in [-0.25, -0.2) is 29.9 Å². The second kappa shape index (κ2) is 7.37. The largest absolute Gasteiger partial charge is 0.361 e. The Kier molecular flexibility index (Phi) is 4.76. The van der Waals surface area contributed by atoms with E-state index in [0.717, 1.165) is 59.9 Å². The van der Waals surface area contributed by atoms with E-state index < -0.39 is 0 Å². The van der Waals surface area contributed by atoms with Crippen molar-refractivity contribution in [1.82, 2.24) is 39.0 Å². The molecule has 0 amide bonds. The summed E-state index contributed by atoms with van der Waals surface area (Å²) in [6, 6.07) is 0. The van der Waals surface area contributed by atoms with Crippen molar-refractivity contribution in [2.24, 2.45) is 0 Å². The fourth-order valence-corrected chi connectivity index (χ4v) is 3.28. The van der Waals surface area contributed by atoms with Crippen LogP contribution in [0.1, 0.15) is 12.8 Å². The second-order valence-corrected chi connectivity index (χ2v) is 7.11. The van der Waals surface area contributed by atoms with Gasteiger partial charge in [0, 0.05) is 41.3 Å². The predicted octanol–water partition coefficient (Wildman–Crippen LogP) is 1.58. The van der Waals surface area contributed by atoms with E-state index in [1.54, 1.807) is 12.7 Å². The highest BCUT2D eigenvalue weighted by atomic mass is 15.2. The molecule has 4 aromatic rings. The maximum Gasteiger partial charge on any atom is 0.165 e. The number of aromatic nitrogens is 8. The summed E-state index contributed by atoms with van der Waals surface area (Å²) in [5.41, 5.74) is 3.41. The van der Waals surface area contributed by atoms with Crippen LogP contribution in [0.3, 0.4) is 0 Å². The molecule has 0 atom stereocenters. The normalized spacial score (nSPS) is 11.4. The van der Waals surface area contributed by atoms with E-state index in [1.165, 1.54) is 0 Å². The second-order valence-electron chi connectivity index (χ2n) is 7.11. The predicted molar refractivity (Wildman–Crippen MR) is 109 cm³/mol. The van der Waals surface area contributed by atoms with Crippen molar-refractivity contribution >= 4 is 34.0 Å². The third kappa shape index (κ3) is 3.21. The number of anilines is 2. The highest BCUT2D eigenvalue weighted by Gasteiger charge is 2.12. The van der Waals surface area contributed by atoms with Gasteiger partial charge in [-0.05, 0) is 12.8 Å². The molecule has 4 heterocycles. The molecule has 10 nitrogen and oxygen atoms in total. The van der Waals surface area contributed by atoms with E-state index in [1.807, 2.05) is 50.6 Å². The molecule has 0 aromatic carbocycles. The fourth-order valence-electron chi connectivity index (χ4n) is 3.28. The standard InChI is InChI=1S/C18H24N10/c1-25(2)15-13-17(21-9-19-15)27(11-23-13)7-5-6-8-28-12-24-14-16(26(3)4)20-10-22-18(14)28/h9-12H,5-8H2,1-4H3. The Labute approximate surface area is 162 Å². The summed E-state index contributed by atoms with van der Waals surface area (Å²) in [6.45, 7) is 1.70. The van der Waals surface area contributed by atoms with Crippen LogP contribution in [0.4, 0.5) is 11.6 Å².